The lowest BCUT2D eigenvalue weighted by Gasteiger charge is -2.32. The first-order valence-electron chi connectivity index (χ1n) is 10.2. The van der Waals surface area contributed by atoms with E-state index in [-0.39, 0.29) is 5.41 Å². The number of aromatic nitrogens is 3. The van der Waals surface area contributed by atoms with Crippen molar-refractivity contribution in [2.45, 2.75) is 56.5 Å². The molecule has 0 radical (unpaired) electrons. The molecule has 0 spiro atoms. The number of nitrogens with zero attached hydrogens (tertiary/aromatic N) is 4. The van der Waals surface area contributed by atoms with E-state index in [0.717, 1.165) is 43.5 Å². The normalized spacial score (nSPS) is 21.2. The van der Waals surface area contributed by atoms with Crippen LogP contribution >= 0.6 is 0 Å². The topological polar surface area (TPSA) is 76.4 Å². The van der Waals surface area contributed by atoms with Crippen LogP contribution in [0.3, 0.4) is 0 Å². The summed E-state index contributed by atoms with van der Waals surface area (Å²) in [5.41, 5.74) is 1.50. The Kier molecular flexibility index (Phi) is 5.50. The average Bonchev–Trinajstić information content (AvgIpc) is 3.41. The van der Waals surface area contributed by atoms with Gasteiger partial charge >= 0.3 is 0 Å². The van der Waals surface area contributed by atoms with Crippen molar-refractivity contribution in [3.05, 3.63) is 42.0 Å². The van der Waals surface area contributed by atoms with Crippen molar-refractivity contribution in [1.29, 1.82) is 0 Å². The standard InChI is InChI=1S/C21H30N6O/c1-22-20(26-17-8-9-19-24-15-25-27(19)13-17)23-14-21(10-3-4-11-21)16-6-5-7-18(12-16)28-2/h5-7,12,15,17H,3-4,8-11,13-14H2,1-2H3,(H2,22,23,26). The van der Waals surface area contributed by atoms with Crippen molar-refractivity contribution in [1.82, 2.24) is 25.4 Å². The van der Waals surface area contributed by atoms with E-state index in [1.165, 1.54) is 31.2 Å². The molecule has 2 aliphatic rings. The van der Waals surface area contributed by atoms with Crippen LogP contribution < -0.4 is 15.4 Å². The van der Waals surface area contributed by atoms with Gasteiger partial charge in [0.15, 0.2) is 5.96 Å². The molecule has 150 valence electrons. The highest BCUT2D eigenvalue weighted by atomic mass is 16.5. The van der Waals surface area contributed by atoms with Crippen molar-refractivity contribution >= 4 is 5.96 Å². The molecule has 4 rings (SSSR count). The number of aryl methyl sites for hydroxylation is 1. The monoisotopic (exact) mass is 382 g/mol. The molecule has 2 aromatic rings. The number of fused-ring (bicyclic) bond motifs is 1. The lowest BCUT2D eigenvalue weighted by atomic mass is 9.78. The lowest BCUT2D eigenvalue weighted by Crippen LogP contribution is -2.50. The maximum atomic E-state index is 5.46. The quantitative estimate of drug-likeness (QED) is 0.613. The van der Waals surface area contributed by atoms with Gasteiger partial charge in [0, 0.05) is 31.5 Å². The Morgan fingerprint density at radius 2 is 2.21 bits per heavy atom. The molecule has 1 aromatic heterocycles. The van der Waals surface area contributed by atoms with Crippen molar-refractivity contribution in [2.75, 3.05) is 20.7 Å². The highest BCUT2D eigenvalue weighted by molar-refractivity contribution is 5.80. The molecule has 0 saturated heterocycles. The molecule has 1 saturated carbocycles. The van der Waals surface area contributed by atoms with Crippen LogP contribution in [0.5, 0.6) is 5.75 Å². The first-order valence-corrected chi connectivity index (χ1v) is 10.2. The summed E-state index contributed by atoms with van der Waals surface area (Å²) in [6.45, 7) is 1.71. The molecular weight excluding hydrogens is 352 g/mol. The van der Waals surface area contributed by atoms with Gasteiger partial charge in [0.25, 0.3) is 0 Å². The molecule has 0 amide bonds. The molecule has 7 heteroatoms. The number of benzene rings is 1. The minimum absolute atomic E-state index is 0.137. The molecule has 1 atom stereocenters. The minimum atomic E-state index is 0.137. The maximum absolute atomic E-state index is 5.46. The molecule has 28 heavy (non-hydrogen) atoms. The number of nitrogens with one attached hydrogen (secondary N) is 2. The van der Waals surface area contributed by atoms with Gasteiger partial charge in [0.1, 0.15) is 17.9 Å². The zero-order valence-corrected chi connectivity index (χ0v) is 16.8. The summed E-state index contributed by atoms with van der Waals surface area (Å²) >= 11 is 0. The molecule has 0 bridgehead atoms. The number of hydrogen-bond acceptors (Lipinski definition) is 4. The Morgan fingerprint density at radius 3 is 3.00 bits per heavy atom. The van der Waals surface area contributed by atoms with Gasteiger partial charge in [-0.2, -0.15) is 5.10 Å². The summed E-state index contributed by atoms with van der Waals surface area (Å²) in [4.78, 5) is 8.77. The summed E-state index contributed by atoms with van der Waals surface area (Å²) in [5, 5.41) is 11.5. The molecule has 2 heterocycles. The van der Waals surface area contributed by atoms with E-state index >= 15 is 0 Å². The number of ether oxygens (including phenoxy) is 1. The summed E-state index contributed by atoms with van der Waals surface area (Å²) in [5.74, 6) is 2.86. The fourth-order valence-corrected chi connectivity index (χ4v) is 4.57. The predicted octanol–water partition coefficient (Wildman–Crippen LogP) is 2.28. The Bertz CT molecular complexity index is 824. The van der Waals surface area contributed by atoms with Gasteiger partial charge in [-0.05, 0) is 37.0 Å². The van der Waals surface area contributed by atoms with Crippen molar-refractivity contribution in [2.24, 2.45) is 4.99 Å². The Hall–Kier alpha value is -2.57. The average molecular weight is 383 g/mol. The van der Waals surface area contributed by atoms with Gasteiger partial charge in [-0.15, -0.1) is 0 Å². The molecule has 1 unspecified atom stereocenters. The summed E-state index contributed by atoms with van der Waals surface area (Å²) < 4.78 is 7.45. The zero-order valence-electron chi connectivity index (χ0n) is 16.8. The predicted molar refractivity (Wildman–Crippen MR) is 110 cm³/mol. The molecular formula is C21H30N6O. The number of rotatable bonds is 5. The van der Waals surface area contributed by atoms with Crippen LogP contribution in [-0.2, 0) is 18.4 Å². The highest BCUT2D eigenvalue weighted by Gasteiger charge is 2.36. The maximum Gasteiger partial charge on any atom is 0.191 e. The smallest absolute Gasteiger partial charge is 0.191 e. The van der Waals surface area contributed by atoms with Crippen molar-refractivity contribution in [3.8, 4) is 5.75 Å². The van der Waals surface area contributed by atoms with E-state index in [4.69, 9.17) is 4.74 Å². The second-order valence-corrected chi connectivity index (χ2v) is 7.88. The van der Waals surface area contributed by atoms with Crippen molar-refractivity contribution in [3.63, 3.8) is 0 Å². The van der Waals surface area contributed by atoms with Crippen LogP contribution in [0.4, 0.5) is 0 Å². The van der Waals surface area contributed by atoms with Crippen LogP contribution in [0, 0.1) is 0 Å². The van der Waals surface area contributed by atoms with E-state index in [0.29, 0.717) is 6.04 Å². The Balaban J connectivity index is 1.42. The molecule has 1 aliphatic carbocycles. The third kappa shape index (κ3) is 3.84. The fraction of sp³-hybridized carbons (Fsp3) is 0.571. The Labute approximate surface area is 166 Å². The highest BCUT2D eigenvalue weighted by Crippen LogP contribution is 2.41. The van der Waals surface area contributed by atoms with E-state index in [1.54, 1.807) is 13.4 Å². The van der Waals surface area contributed by atoms with E-state index in [9.17, 15) is 0 Å². The first kappa shape index (κ1) is 18.8. The lowest BCUT2D eigenvalue weighted by molar-refractivity contribution is 0.385. The molecule has 1 aromatic carbocycles. The third-order valence-electron chi connectivity index (χ3n) is 6.21. The molecule has 7 nitrogen and oxygen atoms in total. The van der Waals surface area contributed by atoms with Crippen LogP contribution in [0.15, 0.2) is 35.6 Å². The molecule has 1 aliphatic heterocycles. The van der Waals surface area contributed by atoms with Gasteiger partial charge in [-0.3, -0.25) is 4.99 Å². The zero-order chi connectivity index (χ0) is 19.4. The summed E-state index contributed by atoms with van der Waals surface area (Å²) in [6, 6.07) is 8.85. The molecule has 2 N–H and O–H groups in total. The number of guanidine groups is 1. The van der Waals surface area contributed by atoms with Crippen LogP contribution in [0.25, 0.3) is 0 Å². The third-order valence-corrected chi connectivity index (χ3v) is 6.21. The number of methoxy groups -OCH3 is 1. The van der Waals surface area contributed by atoms with Gasteiger partial charge in [0.2, 0.25) is 0 Å². The Morgan fingerprint density at radius 1 is 1.36 bits per heavy atom. The van der Waals surface area contributed by atoms with E-state index in [1.807, 2.05) is 17.8 Å². The van der Waals surface area contributed by atoms with Gasteiger partial charge in [-0.1, -0.05) is 25.0 Å². The van der Waals surface area contributed by atoms with Crippen molar-refractivity contribution < 1.29 is 4.74 Å². The van der Waals surface area contributed by atoms with Gasteiger partial charge in [-0.25, -0.2) is 9.67 Å². The first-order chi connectivity index (χ1) is 13.7. The van der Waals surface area contributed by atoms with Gasteiger partial charge in [0.05, 0.1) is 13.7 Å². The van der Waals surface area contributed by atoms with Crippen LogP contribution in [0.2, 0.25) is 0 Å². The fourth-order valence-electron chi connectivity index (χ4n) is 4.57. The van der Waals surface area contributed by atoms with E-state index < -0.39 is 0 Å². The largest absolute Gasteiger partial charge is 0.497 e. The van der Waals surface area contributed by atoms with Crippen LogP contribution in [-0.4, -0.2) is 47.5 Å². The SMILES string of the molecule is CN=C(NCC1(c2cccc(OC)c2)CCCC1)NC1CCc2ncnn2C1. The van der Waals surface area contributed by atoms with Gasteiger partial charge < -0.3 is 15.4 Å². The summed E-state index contributed by atoms with van der Waals surface area (Å²) in [7, 11) is 3.57. The minimum Gasteiger partial charge on any atom is -0.497 e. The van der Waals surface area contributed by atoms with E-state index in [2.05, 4.69) is 43.9 Å². The van der Waals surface area contributed by atoms with Crippen LogP contribution in [0.1, 0.15) is 43.5 Å². The number of hydrogen-bond donors (Lipinski definition) is 2. The number of aliphatic imine (C=N–C) groups is 1. The second kappa shape index (κ2) is 8.20. The summed E-state index contributed by atoms with van der Waals surface area (Å²) in [6.07, 6.45) is 8.54. The second-order valence-electron chi connectivity index (χ2n) is 7.88. The molecule has 1 fully saturated rings.